The van der Waals surface area contributed by atoms with Gasteiger partial charge in [0.05, 0.1) is 0 Å². The van der Waals surface area contributed by atoms with Gasteiger partial charge in [0, 0.05) is 23.6 Å². The Morgan fingerprint density at radius 3 is 2.55 bits per heavy atom. The van der Waals surface area contributed by atoms with Crippen LogP contribution in [0, 0.1) is 13.8 Å². The molecule has 0 amide bonds. The second-order valence-corrected chi connectivity index (χ2v) is 7.68. The highest BCUT2D eigenvalue weighted by atomic mass is 32.2. The Balaban J connectivity index is 2.23. The van der Waals surface area contributed by atoms with E-state index in [2.05, 4.69) is 4.72 Å². The van der Waals surface area contributed by atoms with Gasteiger partial charge in [-0.25, -0.2) is 8.42 Å². The molecular weight excluding hydrogens is 294 g/mol. The molecule has 0 saturated heterocycles. The lowest BCUT2D eigenvalue weighted by Gasteiger charge is -2.08. The maximum atomic E-state index is 12.3. The smallest absolute Gasteiger partial charge is 0.271 e. The van der Waals surface area contributed by atoms with E-state index in [1.807, 2.05) is 26.0 Å². The predicted octanol–water partition coefficient (Wildman–Crippen LogP) is 2.70. The summed E-state index contributed by atoms with van der Waals surface area (Å²) in [5.41, 5.74) is 2.72. The second-order valence-electron chi connectivity index (χ2n) is 4.60. The summed E-state index contributed by atoms with van der Waals surface area (Å²) in [6, 6.07) is 8.75. The van der Waals surface area contributed by atoms with Crippen molar-refractivity contribution in [2.45, 2.75) is 24.5 Å². The van der Waals surface area contributed by atoms with E-state index in [0.717, 1.165) is 16.0 Å². The standard InChI is InChI=1S/C14H17NO3S2/c1-10-3-4-12(9-11(10)2)15-20(17,18)14-6-5-13(19-14)7-8-16/h3-6,9,15-16H,7-8H2,1-2H3. The Labute approximate surface area is 123 Å². The molecule has 0 spiro atoms. The third-order valence-electron chi connectivity index (χ3n) is 3.02. The number of sulfonamides is 1. The molecule has 0 atom stereocenters. The van der Waals surface area contributed by atoms with E-state index >= 15 is 0 Å². The molecule has 1 heterocycles. The average Bonchev–Trinajstić information content (AvgIpc) is 2.83. The van der Waals surface area contributed by atoms with Crippen LogP contribution in [0.5, 0.6) is 0 Å². The zero-order valence-corrected chi connectivity index (χ0v) is 13.0. The van der Waals surface area contributed by atoms with Crippen molar-refractivity contribution in [1.29, 1.82) is 0 Å². The largest absolute Gasteiger partial charge is 0.396 e. The highest BCUT2D eigenvalue weighted by molar-refractivity contribution is 7.94. The van der Waals surface area contributed by atoms with Gasteiger partial charge >= 0.3 is 0 Å². The lowest BCUT2D eigenvalue weighted by molar-refractivity contribution is 0.300. The first-order valence-electron chi connectivity index (χ1n) is 6.22. The first-order valence-corrected chi connectivity index (χ1v) is 8.52. The maximum absolute atomic E-state index is 12.3. The normalized spacial score (nSPS) is 11.6. The van der Waals surface area contributed by atoms with Gasteiger partial charge in [-0.2, -0.15) is 0 Å². The van der Waals surface area contributed by atoms with E-state index in [9.17, 15) is 8.42 Å². The Morgan fingerprint density at radius 2 is 1.90 bits per heavy atom. The number of hydrogen-bond acceptors (Lipinski definition) is 4. The van der Waals surface area contributed by atoms with E-state index in [1.165, 1.54) is 11.3 Å². The van der Waals surface area contributed by atoms with E-state index in [4.69, 9.17) is 5.11 Å². The van der Waals surface area contributed by atoms with Gasteiger partial charge in [-0.15, -0.1) is 11.3 Å². The van der Waals surface area contributed by atoms with Gasteiger partial charge in [0.2, 0.25) is 0 Å². The fraction of sp³-hybridized carbons (Fsp3) is 0.286. The molecule has 6 heteroatoms. The lowest BCUT2D eigenvalue weighted by Crippen LogP contribution is -2.11. The van der Waals surface area contributed by atoms with Gasteiger partial charge in [-0.05, 0) is 49.2 Å². The summed E-state index contributed by atoms with van der Waals surface area (Å²) in [7, 11) is -3.55. The summed E-state index contributed by atoms with van der Waals surface area (Å²) in [4.78, 5) is 0.855. The van der Waals surface area contributed by atoms with Crippen molar-refractivity contribution in [3.05, 3.63) is 46.3 Å². The maximum Gasteiger partial charge on any atom is 0.271 e. The molecule has 0 aliphatic carbocycles. The molecule has 0 bridgehead atoms. The van der Waals surface area contributed by atoms with Crippen molar-refractivity contribution >= 4 is 27.0 Å². The minimum Gasteiger partial charge on any atom is -0.396 e. The van der Waals surface area contributed by atoms with Crippen molar-refractivity contribution < 1.29 is 13.5 Å². The molecule has 2 rings (SSSR count). The van der Waals surface area contributed by atoms with Crippen LogP contribution in [0.4, 0.5) is 5.69 Å². The van der Waals surface area contributed by atoms with Crippen LogP contribution in [-0.2, 0) is 16.4 Å². The molecule has 0 unspecified atom stereocenters. The number of aliphatic hydroxyl groups is 1. The van der Waals surface area contributed by atoms with Crippen LogP contribution in [0.15, 0.2) is 34.5 Å². The average molecular weight is 311 g/mol. The van der Waals surface area contributed by atoms with Crippen LogP contribution in [-0.4, -0.2) is 20.1 Å². The van der Waals surface area contributed by atoms with Crippen molar-refractivity contribution in [3.63, 3.8) is 0 Å². The molecular formula is C14H17NO3S2. The number of benzene rings is 1. The van der Waals surface area contributed by atoms with Crippen LogP contribution in [0.1, 0.15) is 16.0 Å². The molecule has 0 fully saturated rings. The molecule has 108 valence electrons. The Kier molecular flexibility index (Phi) is 4.47. The zero-order valence-electron chi connectivity index (χ0n) is 11.4. The fourth-order valence-corrected chi connectivity index (χ4v) is 4.15. The predicted molar refractivity (Wildman–Crippen MR) is 81.8 cm³/mol. The first-order chi connectivity index (χ1) is 9.42. The van der Waals surface area contributed by atoms with Gasteiger partial charge in [0.15, 0.2) is 0 Å². The Morgan fingerprint density at radius 1 is 1.15 bits per heavy atom. The van der Waals surface area contributed by atoms with Crippen molar-refractivity contribution in [1.82, 2.24) is 0 Å². The Bertz CT molecular complexity index is 705. The number of rotatable bonds is 5. The molecule has 2 N–H and O–H groups in total. The molecule has 2 aromatic rings. The third kappa shape index (κ3) is 3.39. The van der Waals surface area contributed by atoms with Crippen LogP contribution in [0.25, 0.3) is 0 Å². The molecule has 1 aromatic heterocycles. The Hall–Kier alpha value is -1.37. The van der Waals surface area contributed by atoms with E-state index in [1.54, 1.807) is 18.2 Å². The summed E-state index contributed by atoms with van der Waals surface area (Å²) in [5, 5.41) is 8.87. The van der Waals surface area contributed by atoms with Gasteiger partial charge < -0.3 is 5.11 Å². The fourth-order valence-electron chi connectivity index (χ4n) is 1.76. The van der Waals surface area contributed by atoms with Crippen molar-refractivity contribution in [3.8, 4) is 0 Å². The van der Waals surface area contributed by atoms with Gasteiger partial charge in [0.1, 0.15) is 4.21 Å². The monoisotopic (exact) mass is 311 g/mol. The molecule has 0 aliphatic rings. The van der Waals surface area contributed by atoms with Crippen LogP contribution >= 0.6 is 11.3 Å². The van der Waals surface area contributed by atoms with E-state index in [0.29, 0.717) is 12.1 Å². The first kappa shape index (κ1) is 15.0. The van der Waals surface area contributed by atoms with E-state index < -0.39 is 10.0 Å². The summed E-state index contributed by atoms with van der Waals surface area (Å²) in [6.07, 6.45) is 0.476. The lowest BCUT2D eigenvalue weighted by atomic mass is 10.1. The molecule has 4 nitrogen and oxygen atoms in total. The number of anilines is 1. The number of aryl methyl sites for hydroxylation is 2. The van der Waals surface area contributed by atoms with E-state index in [-0.39, 0.29) is 10.8 Å². The number of thiophene rings is 1. The van der Waals surface area contributed by atoms with Crippen molar-refractivity contribution in [2.24, 2.45) is 0 Å². The minimum atomic E-state index is -3.55. The van der Waals surface area contributed by atoms with Crippen LogP contribution < -0.4 is 4.72 Å². The van der Waals surface area contributed by atoms with Crippen LogP contribution in [0.2, 0.25) is 0 Å². The minimum absolute atomic E-state index is 0.0184. The van der Waals surface area contributed by atoms with Gasteiger partial charge in [-0.3, -0.25) is 4.72 Å². The molecule has 1 aromatic carbocycles. The summed E-state index contributed by atoms with van der Waals surface area (Å²) < 4.78 is 27.3. The molecule has 20 heavy (non-hydrogen) atoms. The summed E-state index contributed by atoms with van der Waals surface area (Å²) >= 11 is 1.18. The number of hydrogen-bond donors (Lipinski definition) is 2. The molecule has 0 radical (unpaired) electrons. The number of aliphatic hydroxyl groups excluding tert-OH is 1. The highest BCUT2D eigenvalue weighted by Crippen LogP contribution is 2.25. The second kappa shape index (κ2) is 5.95. The highest BCUT2D eigenvalue weighted by Gasteiger charge is 2.17. The topological polar surface area (TPSA) is 66.4 Å². The molecule has 0 saturated carbocycles. The summed E-state index contributed by atoms with van der Waals surface area (Å²) in [6.45, 7) is 3.94. The van der Waals surface area contributed by atoms with Gasteiger partial charge in [0.25, 0.3) is 10.0 Å². The van der Waals surface area contributed by atoms with Crippen molar-refractivity contribution in [2.75, 3.05) is 11.3 Å². The van der Waals surface area contributed by atoms with Crippen LogP contribution in [0.3, 0.4) is 0 Å². The third-order valence-corrected chi connectivity index (χ3v) is 6.04. The quantitative estimate of drug-likeness (QED) is 0.892. The number of nitrogens with one attached hydrogen (secondary N) is 1. The van der Waals surface area contributed by atoms with Gasteiger partial charge in [-0.1, -0.05) is 6.07 Å². The zero-order chi connectivity index (χ0) is 14.8. The SMILES string of the molecule is Cc1ccc(NS(=O)(=O)c2ccc(CCO)s2)cc1C. The summed E-state index contributed by atoms with van der Waals surface area (Å²) in [5.74, 6) is 0. The molecule has 0 aliphatic heterocycles.